The molecule has 2 rings (SSSR count). The molecule has 1 heterocycles. The van der Waals surface area contributed by atoms with Gasteiger partial charge in [-0.1, -0.05) is 11.6 Å². The van der Waals surface area contributed by atoms with Crippen molar-refractivity contribution >= 4 is 23.2 Å². The third kappa shape index (κ3) is 2.03. The van der Waals surface area contributed by atoms with E-state index in [0.717, 1.165) is 0 Å². The van der Waals surface area contributed by atoms with Crippen LogP contribution in [-0.4, -0.2) is 24.2 Å². The first kappa shape index (κ1) is 11.4. The van der Waals surface area contributed by atoms with Crippen LogP contribution in [0.2, 0.25) is 5.02 Å². The highest BCUT2D eigenvalue weighted by Gasteiger charge is 2.31. The summed E-state index contributed by atoms with van der Waals surface area (Å²) in [6.07, 6.45) is 0.281. The van der Waals surface area contributed by atoms with E-state index in [4.69, 9.17) is 16.7 Å². The van der Waals surface area contributed by atoms with Gasteiger partial charge in [-0.2, -0.15) is 0 Å². The Labute approximate surface area is 97.4 Å². The van der Waals surface area contributed by atoms with Crippen LogP contribution < -0.4 is 4.90 Å². The second kappa shape index (κ2) is 4.39. The fourth-order valence-electron chi connectivity index (χ4n) is 1.83. The van der Waals surface area contributed by atoms with Gasteiger partial charge in [0, 0.05) is 25.5 Å². The summed E-state index contributed by atoms with van der Waals surface area (Å²) in [5.74, 6) is -0.655. The minimum absolute atomic E-state index is 0.0465. The lowest BCUT2D eigenvalue weighted by Gasteiger charge is -2.17. The first-order chi connectivity index (χ1) is 7.61. The third-order valence-electron chi connectivity index (χ3n) is 2.66. The van der Waals surface area contributed by atoms with Gasteiger partial charge < -0.3 is 10.0 Å². The van der Waals surface area contributed by atoms with Gasteiger partial charge in [-0.05, 0) is 18.2 Å². The Morgan fingerprint density at radius 2 is 2.31 bits per heavy atom. The molecule has 1 fully saturated rings. The van der Waals surface area contributed by atoms with Gasteiger partial charge in [0.15, 0.2) is 0 Å². The second-order valence-electron chi connectivity index (χ2n) is 3.85. The molecule has 16 heavy (non-hydrogen) atoms. The first-order valence-electron chi connectivity index (χ1n) is 4.98. The molecule has 1 aromatic carbocycles. The molecule has 1 amide bonds. The Kier molecular flexibility index (Phi) is 3.12. The summed E-state index contributed by atoms with van der Waals surface area (Å²) in [4.78, 5) is 13.1. The molecular weight excluding hydrogens is 233 g/mol. The maximum Gasteiger partial charge on any atom is 0.227 e. The Morgan fingerprint density at radius 3 is 2.94 bits per heavy atom. The van der Waals surface area contributed by atoms with Gasteiger partial charge >= 0.3 is 0 Å². The summed E-state index contributed by atoms with van der Waals surface area (Å²) in [6.45, 7) is 0.341. The number of rotatable bonds is 2. The molecule has 5 heteroatoms. The van der Waals surface area contributed by atoms with E-state index in [1.54, 1.807) is 0 Å². The van der Waals surface area contributed by atoms with Crippen molar-refractivity contribution in [2.75, 3.05) is 18.1 Å². The zero-order chi connectivity index (χ0) is 11.7. The minimum atomic E-state index is -0.431. The van der Waals surface area contributed by atoms with E-state index in [1.807, 2.05) is 0 Å². The van der Waals surface area contributed by atoms with Crippen LogP contribution >= 0.6 is 11.6 Å². The summed E-state index contributed by atoms with van der Waals surface area (Å²) in [5.41, 5.74) is 0.377. The molecule has 1 unspecified atom stereocenters. The van der Waals surface area contributed by atoms with Crippen molar-refractivity contribution in [1.82, 2.24) is 0 Å². The van der Waals surface area contributed by atoms with E-state index in [-0.39, 0.29) is 24.9 Å². The van der Waals surface area contributed by atoms with Crippen LogP contribution in [0.3, 0.4) is 0 Å². The molecule has 0 bridgehead atoms. The van der Waals surface area contributed by atoms with Gasteiger partial charge in [0.2, 0.25) is 5.91 Å². The molecule has 86 valence electrons. The number of hydrogen-bond donors (Lipinski definition) is 1. The SMILES string of the molecule is O=C1CC(CO)CN1c1cc(F)ccc1Cl. The number of carbonyl (C=O) groups excluding carboxylic acids is 1. The summed E-state index contributed by atoms with van der Waals surface area (Å²) >= 11 is 5.91. The van der Waals surface area contributed by atoms with Crippen LogP contribution in [0.25, 0.3) is 0 Å². The van der Waals surface area contributed by atoms with E-state index in [2.05, 4.69) is 0 Å². The summed E-state index contributed by atoms with van der Waals surface area (Å²) < 4.78 is 13.1. The number of aliphatic hydroxyl groups is 1. The summed E-state index contributed by atoms with van der Waals surface area (Å²) in [7, 11) is 0. The number of aliphatic hydroxyl groups excluding tert-OH is 1. The highest BCUT2D eigenvalue weighted by atomic mass is 35.5. The lowest BCUT2D eigenvalue weighted by molar-refractivity contribution is -0.117. The minimum Gasteiger partial charge on any atom is -0.396 e. The maximum atomic E-state index is 13.1. The van der Waals surface area contributed by atoms with Gasteiger partial charge in [0.25, 0.3) is 0 Å². The molecule has 1 aromatic rings. The molecule has 1 aliphatic heterocycles. The Morgan fingerprint density at radius 1 is 1.56 bits per heavy atom. The molecule has 0 aromatic heterocycles. The topological polar surface area (TPSA) is 40.5 Å². The molecule has 0 radical (unpaired) electrons. The molecule has 3 nitrogen and oxygen atoms in total. The van der Waals surface area contributed by atoms with Crippen molar-refractivity contribution in [3.05, 3.63) is 29.0 Å². The quantitative estimate of drug-likeness (QED) is 0.861. The second-order valence-corrected chi connectivity index (χ2v) is 4.26. The average molecular weight is 244 g/mol. The Bertz CT molecular complexity index is 424. The van der Waals surface area contributed by atoms with E-state index in [9.17, 15) is 9.18 Å². The zero-order valence-electron chi connectivity index (χ0n) is 8.49. The van der Waals surface area contributed by atoms with Crippen molar-refractivity contribution in [1.29, 1.82) is 0 Å². The van der Waals surface area contributed by atoms with Gasteiger partial charge in [0.1, 0.15) is 5.82 Å². The zero-order valence-corrected chi connectivity index (χ0v) is 9.25. The van der Waals surface area contributed by atoms with Crippen LogP contribution in [-0.2, 0) is 4.79 Å². The molecule has 1 saturated heterocycles. The number of hydrogen-bond acceptors (Lipinski definition) is 2. The molecule has 1 atom stereocenters. The van der Waals surface area contributed by atoms with Crippen molar-refractivity contribution in [2.45, 2.75) is 6.42 Å². The van der Waals surface area contributed by atoms with Crippen LogP contribution in [0.4, 0.5) is 10.1 Å². The van der Waals surface area contributed by atoms with Gasteiger partial charge in [-0.15, -0.1) is 0 Å². The largest absolute Gasteiger partial charge is 0.396 e. The van der Waals surface area contributed by atoms with Crippen molar-refractivity contribution < 1.29 is 14.3 Å². The molecule has 0 saturated carbocycles. The maximum absolute atomic E-state index is 13.1. The fraction of sp³-hybridized carbons (Fsp3) is 0.364. The number of amides is 1. The number of anilines is 1. The summed E-state index contributed by atoms with van der Waals surface area (Å²) in [5, 5.41) is 9.33. The van der Waals surface area contributed by atoms with Crippen molar-refractivity contribution in [3.63, 3.8) is 0 Å². The average Bonchev–Trinajstić information content (AvgIpc) is 2.63. The number of carbonyl (C=O) groups is 1. The monoisotopic (exact) mass is 243 g/mol. The molecule has 0 spiro atoms. The summed E-state index contributed by atoms with van der Waals surface area (Å²) in [6, 6.07) is 3.90. The fourth-order valence-corrected chi connectivity index (χ4v) is 2.05. The van der Waals surface area contributed by atoms with E-state index >= 15 is 0 Å². The predicted molar refractivity (Wildman–Crippen MR) is 59.0 cm³/mol. The highest BCUT2D eigenvalue weighted by molar-refractivity contribution is 6.33. The number of nitrogens with zero attached hydrogens (tertiary/aromatic N) is 1. The third-order valence-corrected chi connectivity index (χ3v) is 2.98. The van der Waals surface area contributed by atoms with Crippen LogP contribution in [0, 0.1) is 11.7 Å². The Hall–Kier alpha value is -1.13. The number of halogens is 2. The standard InChI is InChI=1S/C11H11ClFNO2/c12-9-2-1-8(13)4-10(9)14-5-7(6-15)3-11(14)16/h1-2,4,7,15H,3,5-6H2. The number of benzene rings is 1. The van der Waals surface area contributed by atoms with Crippen LogP contribution in [0.1, 0.15) is 6.42 Å². The molecule has 1 aliphatic rings. The smallest absolute Gasteiger partial charge is 0.227 e. The van der Waals surface area contributed by atoms with E-state index in [0.29, 0.717) is 17.3 Å². The van der Waals surface area contributed by atoms with E-state index < -0.39 is 5.82 Å². The first-order valence-corrected chi connectivity index (χ1v) is 5.36. The predicted octanol–water partition coefficient (Wildman–Crippen LogP) is 1.82. The van der Waals surface area contributed by atoms with Crippen molar-refractivity contribution in [3.8, 4) is 0 Å². The van der Waals surface area contributed by atoms with Gasteiger partial charge in [-0.25, -0.2) is 4.39 Å². The van der Waals surface area contributed by atoms with Crippen LogP contribution in [0.15, 0.2) is 18.2 Å². The molecule has 1 N–H and O–H groups in total. The molecule has 0 aliphatic carbocycles. The lowest BCUT2D eigenvalue weighted by atomic mass is 10.1. The molecular formula is C11H11ClFNO2. The normalized spacial score (nSPS) is 20.6. The lowest BCUT2D eigenvalue weighted by Crippen LogP contribution is -2.25. The Balaban J connectivity index is 2.30. The van der Waals surface area contributed by atoms with Gasteiger partial charge in [0.05, 0.1) is 10.7 Å². The van der Waals surface area contributed by atoms with Gasteiger partial charge in [-0.3, -0.25) is 4.79 Å². The van der Waals surface area contributed by atoms with Crippen LogP contribution in [0.5, 0.6) is 0 Å². The van der Waals surface area contributed by atoms with E-state index in [1.165, 1.54) is 23.1 Å². The van der Waals surface area contributed by atoms with Crippen molar-refractivity contribution in [2.24, 2.45) is 5.92 Å². The highest BCUT2D eigenvalue weighted by Crippen LogP contribution is 2.31.